The van der Waals surface area contributed by atoms with Crippen molar-refractivity contribution in [2.24, 2.45) is 0 Å². The van der Waals surface area contributed by atoms with Crippen LogP contribution in [0.25, 0.3) is 0 Å². The standard InChI is InChI=1S/C22H24N4O4S3/c1-5-31-22-25-21(33-26-22)24-19(27)13(2)32-15-11-9-14(10-12-15)23-20(28)18-16(29-3)7-6-8-17(18)30-4/h6-13H,5H2,1-4H3,(H,23,28)(H,24,25,26,27). The highest BCUT2D eigenvalue weighted by atomic mass is 32.2. The lowest BCUT2D eigenvalue weighted by atomic mass is 10.1. The number of nitrogens with one attached hydrogen (secondary N) is 2. The molecule has 0 aliphatic carbocycles. The van der Waals surface area contributed by atoms with E-state index in [1.165, 1.54) is 49.3 Å². The number of methoxy groups -OCH3 is 2. The fourth-order valence-corrected chi connectivity index (χ4v) is 4.94. The Balaban J connectivity index is 1.60. The van der Waals surface area contributed by atoms with Gasteiger partial charge in [0.25, 0.3) is 5.91 Å². The van der Waals surface area contributed by atoms with Crippen molar-refractivity contribution in [2.45, 2.75) is 29.1 Å². The normalized spacial score (nSPS) is 11.5. The molecule has 1 heterocycles. The summed E-state index contributed by atoms with van der Waals surface area (Å²) in [5.74, 6) is 1.24. The van der Waals surface area contributed by atoms with Crippen LogP contribution < -0.4 is 20.1 Å². The first-order chi connectivity index (χ1) is 15.9. The van der Waals surface area contributed by atoms with Gasteiger partial charge in [0.2, 0.25) is 16.2 Å². The van der Waals surface area contributed by atoms with Crippen molar-refractivity contribution in [1.29, 1.82) is 0 Å². The van der Waals surface area contributed by atoms with E-state index in [4.69, 9.17) is 9.47 Å². The third kappa shape index (κ3) is 6.62. The molecule has 1 aromatic heterocycles. The fraction of sp³-hybridized carbons (Fsp3) is 0.273. The summed E-state index contributed by atoms with van der Waals surface area (Å²) in [7, 11) is 3.01. The van der Waals surface area contributed by atoms with Crippen molar-refractivity contribution in [1.82, 2.24) is 9.36 Å². The van der Waals surface area contributed by atoms with Crippen LogP contribution in [0.4, 0.5) is 10.8 Å². The molecule has 0 saturated carbocycles. The Kier molecular flexibility index (Phi) is 8.98. The van der Waals surface area contributed by atoms with Crippen LogP contribution in [0.15, 0.2) is 52.5 Å². The van der Waals surface area contributed by atoms with E-state index < -0.39 is 0 Å². The quantitative estimate of drug-likeness (QED) is 0.370. The van der Waals surface area contributed by atoms with Gasteiger partial charge in [0.1, 0.15) is 17.1 Å². The molecule has 2 aromatic carbocycles. The van der Waals surface area contributed by atoms with Crippen LogP contribution in [0, 0.1) is 0 Å². The van der Waals surface area contributed by atoms with E-state index in [9.17, 15) is 9.59 Å². The zero-order chi connectivity index (χ0) is 23.8. The molecular formula is C22H24N4O4S3. The molecule has 2 amide bonds. The Labute approximate surface area is 205 Å². The Morgan fingerprint density at radius 2 is 1.73 bits per heavy atom. The number of anilines is 2. The fourth-order valence-electron chi connectivity index (χ4n) is 2.80. The minimum atomic E-state index is -0.338. The second kappa shape index (κ2) is 11.9. The summed E-state index contributed by atoms with van der Waals surface area (Å²) in [6.45, 7) is 3.85. The minimum absolute atomic E-state index is 0.148. The van der Waals surface area contributed by atoms with Gasteiger partial charge in [-0.05, 0) is 49.1 Å². The van der Waals surface area contributed by atoms with Gasteiger partial charge < -0.3 is 14.8 Å². The molecule has 0 aliphatic rings. The van der Waals surface area contributed by atoms with Crippen LogP contribution in [0.5, 0.6) is 11.5 Å². The van der Waals surface area contributed by atoms with Gasteiger partial charge in [0, 0.05) is 22.1 Å². The first-order valence-electron chi connectivity index (χ1n) is 10.0. The number of nitrogens with zero attached hydrogens (tertiary/aromatic N) is 2. The van der Waals surface area contributed by atoms with Gasteiger partial charge in [-0.15, -0.1) is 11.8 Å². The maximum absolute atomic E-state index is 12.8. The van der Waals surface area contributed by atoms with Crippen LogP contribution in [0.3, 0.4) is 0 Å². The van der Waals surface area contributed by atoms with Gasteiger partial charge in [-0.25, -0.2) is 0 Å². The molecule has 3 rings (SSSR count). The van der Waals surface area contributed by atoms with Gasteiger partial charge in [-0.3, -0.25) is 14.9 Å². The lowest BCUT2D eigenvalue weighted by Crippen LogP contribution is -2.22. The summed E-state index contributed by atoms with van der Waals surface area (Å²) in [6.07, 6.45) is 0. The number of benzene rings is 2. The van der Waals surface area contributed by atoms with Crippen molar-refractivity contribution in [3.8, 4) is 11.5 Å². The van der Waals surface area contributed by atoms with Crippen molar-refractivity contribution in [3.63, 3.8) is 0 Å². The zero-order valence-corrected chi connectivity index (χ0v) is 21.0. The van der Waals surface area contributed by atoms with E-state index in [1.807, 2.05) is 26.0 Å². The molecule has 0 saturated heterocycles. The molecule has 0 fully saturated rings. The third-order valence-corrected chi connectivity index (χ3v) is 6.95. The highest BCUT2D eigenvalue weighted by Gasteiger charge is 2.19. The number of ether oxygens (including phenoxy) is 2. The Hall–Kier alpha value is -2.76. The maximum atomic E-state index is 12.8. The largest absolute Gasteiger partial charge is 0.496 e. The summed E-state index contributed by atoms with van der Waals surface area (Å²) in [6, 6.07) is 12.4. The molecule has 8 nitrogen and oxygen atoms in total. The summed E-state index contributed by atoms with van der Waals surface area (Å²) < 4.78 is 14.8. The first kappa shape index (κ1) is 24.9. The summed E-state index contributed by atoms with van der Waals surface area (Å²) in [5, 5.41) is 6.49. The Morgan fingerprint density at radius 1 is 1.06 bits per heavy atom. The van der Waals surface area contributed by atoms with Crippen molar-refractivity contribution in [2.75, 3.05) is 30.6 Å². The van der Waals surface area contributed by atoms with Crippen LogP contribution in [-0.2, 0) is 4.79 Å². The average Bonchev–Trinajstić information content (AvgIpc) is 3.26. The number of amides is 2. The van der Waals surface area contributed by atoms with E-state index in [1.54, 1.807) is 30.3 Å². The molecule has 3 aromatic rings. The molecular weight excluding hydrogens is 480 g/mol. The van der Waals surface area contributed by atoms with Gasteiger partial charge in [0.15, 0.2) is 0 Å². The van der Waals surface area contributed by atoms with E-state index in [-0.39, 0.29) is 17.1 Å². The molecule has 0 spiro atoms. The number of thioether (sulfide) groups is 2. The molecule has 1 atom stereocenters. The lowest BCUT2D eigenvalue weighted by molar-refractivity contribution is -0.115. The van der Waals surface area contributed by atoms with Crippen LogP contribution >= 0.6 is 35.1 Å². The van der Waals surface area contributed by atoms with Crippen molar-refractivity contribution < 1.29 is 19.1 Å². The van der Waals surface area contributed by atoms with E-state index >= 15 is 0 Å². The van der Waals surface area contributed by atoms with Crippen LogP contribution in [0.2, 0.25) is 0 Å². The Morgan fingerprint density at radius 3 is 2.33 bits per heavy atom. The number of hydrogen-bond donors (Lipinski definition) is 2. The van der Waals surface area contributed by atoms with Crippen LogP contribution in [0.1, 0.15) is 24.2 Å². The molecule has 174 valence electrons. The topological polar surface area (TPSA) is 102 Å². The number of hydrogen-bond acceptors (Lipinski definition) is 9. The SMILES string of the molecule is CCSc1nsc(NC(=O)C(C)Sc2ccc(NC(=O)c3c(OC)cccc3OC)cc2)n1. The molecule has 11 heteroatoms. The van der Waals surface area contributed by atoms with Gasteiger partial charge in [-0.1, -0.05) is 24.8 Å². The monoisotopic (exact) mass is 504 g/mol. The smallest absolute Gasteiger partial charge is 0.263 e. The maximum Gasteiger partial charge on any atom is 0.263 e. The summed E-state index contributed by atoms with van der Waals surface area (Å²) >= 11 is 4.11. The number of rotatable bonds is 10. The second-order valence-corrected chi connectivity index (χ2v) is 9.98. The van der Waals surface area contributed by atoms with E-state index in [0.717, 1.165) is 10.6 Å². The number of carbonyl (C=O) groups excluding carboxylic acids is 2. The van der Waals surface area contributed by atoms with Gasteiger partial charge in [0.05, 0.1) is 19.5 Å². The molecule has 0 radical (unpaired) electrons. The van der Waals surface area contributed by atoms with Crippen molar-refractivity contribution >= 4 is 57.7 Å². The number of carbonyl (C=O) groups is 2. The molecule has 1 unspecified atom stereocenters. The molecule has 33 heavy (non-hydrogen) atoms. The zero-order valence-electron chi connectivity index (χ0n) is 18.6. The van der Waals surface area contributed by atoms with Gasteiger partial charge in [-0.2, -0.15) is 9.36 Å². The highest BCUT2D eigenvalue weighted by molar-refractivity contribution is 8.00. The Bertz CT molecular complexity index is 1080. The van der Waals surface area contributed by atoms with E-state index in [2.05, 4.69) is 20.0 Å². The van der Waals surface area contributed by atoms with Gasteiger partial charge >= 0.3 is 0 Å². The predicted molar refractivity (Wildman–Crippen MR) is 134 cm³/mol. The minimum Gasteiger partial charge on any atom is -0.496 e. The summed E-state index contributed by atoms with van der Waals surface area (Å²) in [4.78, 5) is 30.5. The molecule has 0 bridgehead atoms. The molecule has 0 aliphatic heterocycles. The molecule has 2 N–H and O–H groups in total. The highest BCUT2D eigenvalue weighted by Crippen LogP contribution is 2.30. The lowest BCUT2D eigenvalue weighted by Gasteiger charge is -2.14. The average molecular weight is 505 g/mol. The number of aromatic nitrogens is 2. The van der Waals surface area contributed by atoms with Crippen LogP contribution in [-0.4, -0.2) is 46.4 Å². The second-order valence-electron chi connectivity index (χ2n) is 6.58. The first-order valence-corrected chi connectivity index (χ1v) is 12.7. The summed E-state index contributed by atoms with van der Waals surface area (Å²) in [5.41, 5.74) is 0.938. The van der Waals surface area contributed by atoms with E-state index in [0.29, 0.717) is 33.0 Å². The van der Waals surface area contributed by atoms with Crippen molar-refractivity contribution in [3.05, 3.63) is 48.0 Å². The third-order valence-electron chi connectivity index (χ3n) is 4.36. The predicted octanol–water partition coefficient (Wildman–Crippen LogP) is 5.04.